The summed E-state index contributed by atoms with van der Waals surface area (Å²) in [7, 11) is 0. The minimum atomic E-state index is -0.450. The summed E-state index contributed by atoms with van der Waals surface area (Å²) < 4.78 is 13.3. The van der Waals surface area contributed by atoms with E-state index in [9.17, 15) is 4.39 Å². The van der Waals surface area contributed by atoms with Crippen LogP contribution in [0.15, 0.2) is 18.5 Å². The van der Waals surface area contributed by atoms with Crippen LogP contribution < -0.4 is 5.32 Å². The summed E-state index contributed by atoms with van der Waals surface area (Å²) in [5, 5.41) is 4.17. The van der Waals surface area contributed by atoms with Crippen LogP contribution in [0.1, 0.15) is 9.88 Å². The summed E-state index contributed by atoms with van der Waals surface area (Å²) in [6.07, 6.45) is 3.17. The number of aryl methyl sites for hydroxylation is 1. The van der Waals surface area contributed by atoms with Crippen LogP contribution in [-0.2, 0) is 6.54 Å². The smallest absolute Gasteiger partial charge is 0.166 e. The van der Waals surface area contributed by atoms with Gasteiger partial charge in [0.05, 0.1) is 16.6 Å². The predicted octanol–water partition coefficient (Wildman–Crippen LogP) is 3.25. The van der Waals surface area contributed by atoms with Crippen molar-refractivity contribution in [3.8, 4) is 0 Å². The lowest BCUT2D eigenvalue weighted by atomic mass is 10.4. The second-order valence-electron chi connectivity index (χ2n) is 3.18. The first kappa shape index (κ1) is 11.3. The average Bonchev–Trinajstić information content (AvgIpc) is 2.63. The Labute approximate surface area is 101 Å². The molecule has 2 heterocycles. The van der Waals surface area contributed by atoms with Crippen molar-refractivity contribution in [3.05, 3.63) is 39.2 Å². The average molecular weight is 258 g/mol. The number of nitrogens with zero attached hydrogens (tertiary/aromatic N) is 2. The zero-order valence-corrected chi connectivity index (χ0v) is 10.1. The van der Waals surface area contributed by atoms with Crippen LogP contribution in [0.4, 0.5) is 10.2 Å². The minimum Gasteiger partial charge on any atom is -0.363 e. The van der Waals surface area contributed by atoms with Gasteiger partial charge in [0.1, 0.15) is 0 Å². The van der Waals surface area contributed by atoms with Gasteiger partial charge in [-0.1, -0.05) is 11.6 Å². The van der Waals surface area contributed by atoms with Gasteiger partial charge in [0.2, 0.25) is 0 Å². The first-order valence-electron chi connectivity index (χ1n) is 4.61. The second-order valence-corrected chi connectivity index (χ2v) is 4.94. The zero-order chi connectivity index (χ0) is 11.5. The van der Waals surface area contributed by atoms with Gasteiger partial charge in [-0.3, -0.25) is 0 Å². The van der Waals surface area contributed by atoms with Gasteiger partial charge in [-0.05, 0) is 13.0 Å². The quantitative estimate of drug-likeness (QED) is 0.917. The van der Waals surface area contributed by atoms with E-state index in [1.54, 1.807) is 17.5 Å². The Kier molecular flexibility index (Phi) is 3.36. The van der Waals surface area contributed by atoms with Crippen LogP contribution in [0.2, 0.25) is 5.02 Å². The third-order valence-corrected chi connectivity index (χ3v) is 3.03. The Morgan fingerprint density at radius 3 is 2.88 bits per heavy atom. The molecular formula is C10H9ClFN3S. The molecule has 0 bridgehead atoms. The summed E-state index contributed by atoms with van der Waals surface area (Å²) in [4.78, 5) is 9.01. The summed E-state index contributed by atoms with van der Waals surface area (Å²) in [6.45, 7) is 2.44. The van der Waals surface area contributed by atoms with E-state index in [1.807, 2.05) is 6.92 Å². The minimum absolute atomic E-state index is 0.204. The molecule has 0 spiro atoms. The Hall–Kier alpha value is -1.20. The van der Waals surface area contributed by atoms with E-state index >= 15 is 0 Å². The Morgan fingerprint density at radius 2 is 2.25 bits per heavy atom. The van der Waals surface area contributed by atoms with Gasteiger partial charge < -0.3 is 5.32 Å². The molecule has 2 aromatic heterocycles. The number of halogens is 2. The van der Waals surface area contributed by atoms with Crippen molar-refractivity contribution in [2.75, 3.05) is 5.32 Å². The molecule has 0 fully saturated rings. The largest absolute Gasteiger partial charge is 0.363 e. The molecule has 2 rings (SSSR count). The highest BCUT2D eigenvalue weighted by molar-refractivity contribution is 7.11. The van der Waals surface area contributed by atoms with Crippen molar-refractivity contribution in [3.63, 3.8) is 0 Å². The lowest BCUT2D eigenvalue weighted by Gasteiger charge is -2.04. The fraction of sp³-hybridized carbons (Fsp3) is 0.200. The molecule has 0 unspecified atom stereocenters. The number of anilines is 1. The van der Waals surface area contributed by atoms with Gasteiger partial charge in [0.25, 0.3) is 0 Å². The van der Waals surface area contributed by atoms with Gasteiger partial charge in [-0.2, -0.15) is 0 Å². The van der Waals surface area contributed by atoms with Crippen molar-refractivity contribution >= 4 is 28.8 Å². The number of thiazole rings is 1. The third-order valence-electron chi connectivity index (χ3n) is 1.91. The lowest BCUT2D eigenvalue weighted by Crippen LogP contribution is -2.02. The highest BCUT2D eigenvalue weighted by atomic mass is 35.5. The molecule has 0 saturated carbocycles. The first-order chi connectivity index (χ1) is 7.65. The summed E-state index contributed by atoms with van der Waals surface area (Å²) in [5.74, 6) is -0.246. The highest BCUT2D eigenvalue weighted by Crippen LogP contribution is 2.17. The van der Waals surface area contributed by atoms with E-state index < -0.39 is 5.82 Å². The van der Waals surface area contributed by atoms with Gasteiger partial charge in [0, 0.05) is 17.3 Å². The predicted molar refractivity (Wildman–Crippen MR) is 63.4 cm³/mol. The summed E-state index contributed by atoms with van der Waals surface area (Å²) >= 11 is 7.17. The lowest BCUT2D eigenvalue weighted by molar-refractivity contribution is 0.624. The van der Waals surface area contributed by atoms with Crippen molar-refractivity contribution in [1.29, 1.82) is 0 Å². The molecule has 0 saturated heterocycles. The fourth-order valence-corrected chi connectivity index (χ4v) is 2.08. The number of rotatable bonds is 3. The van der Waals surface area contributed by atoms with Gasteiger partial charge in [-0.15, -0.1) is 11.3 Å². The Morgan fingerprint density at radius 1 is 1.44 bits per heavy atom. The molecule has 0 aliphatic carbocycles. The molecule has 0 aliphatic heterocycles. The van der Waals surface area contributed by atoms with E-state index in [0.29, 0.717) is 6.54 Å². The summed E-state index contributed by atoms with van der Waals surface area (Å²) in [6, 6.07) is 1.23. The third kappa shape index (κ3) is 2.68. The topological polar surface area (TPSA) is 37.8 Å². The molecule has 3 nitrogen and oxygen atoms in total. The second kappa shape index (κ2) is 4.76. The molecule has 2 aromatic rings. The maximum atomic E-state index is 13.3. The molecule has 0 aliphatic rings. The van der Waals surface area contributed by atoms with Crippen molar-refractivity contribution in [1.82, 2.24) is 9.97 Å². The molecule has 84 valence electrons. The highest BCUT2D eigenvalue weighted by Gasteiger charge is 2.05. The molecule has 1 N–H and O–H groups in total. The van der Waals surface area contributed by atoms with Gasteiger partial charge in [0.15, 0.2) is 11.6 Å². The molecule has 6 heteroatoms. The molecule has 0 aromatic carbocycles. The summed E-state index contributed by atoms with van der Waals surface area (Å²) in [5.41, 5.74) is 0. The van der Waals surface area contributed by atoms with E-state index in [1.165, 1.54) is 12.3 Å². The van der Waals surface area contributed by atoms with Crippen molar-refractivity contribution in [2.45, 2.75) is 13.5 Å². The monoisotopic (exact) mass is 257 g/mol. The van der Waals surface area contributed by atoms with Crippen LogP contribution >= 0.6 is 22.9 Å². The maximum absolute atomic E-state index is 13.3. The number of nitrogens with one attached hydrogen (secondary N) is 1. The normalized spacial score (nSPS) is 10.4. The van der Waals surface area contributed by atoms with E-state index in [0.717, 1.165) is 9.88 Å². The number of pyridine rings is 1. The molecule has 0 atom stereocenters. The van der Waals surface area contributed by atoms with Gasteiger partial charge >= 0.3 is 0 Å². The maximum Gasteiger partial charge on any atom is 0.166 e. The van der Waals surface area contributed by atoms with E-state index in [-0.39, 0.29) is 10.8 Å². The Balaban J connectivity index is 2.04. The van der Waals surface area contributed by atoms with Crippen LogP contribution in [0.5, 0.6) is 0 Å². The van der Waals surface area contributed by atoms with Crippen LogP contribution in [0, 0.1) is 12.7 Å². The van der Waals surface area contributed by atoms with E-state index in [4.69, 9.17) is 11.6 Å². The van der Waals surface area contributed by atoms with Crippen LogP contribution in [-0.4, -0.2) is 9.97 Å². The number of hydrogen-bond donors (Lipinski definition) is 1. The molecule has 0 radical (unpaired) electrons. The van der Waals surface area contributed by atoms with Crippen molar-refractivity contribution < 1.29 is 4.39 Å². The number of aromatic nitrogens is 2. The van der Waals surface area contributed by atoms with Gasteiger partial charge in [-0.25, -0.2) is 14.4 Å². The van der Waals surface area contributed by atoms with Crippen LogP contribution in [0.25, 0.3) is 0 Å². The van der Waals surface area contributed by atoms with Crippen molar-refractivity contribution in [2.24, 2.45) is 0 Å². The fourth-order valence-electron chi connectivity index (χ4n) is 1.20. The Bertz CT molecular complexity index is 501. The first-order valence-corrected chi connectivity index (χ1v) is 5.81. The van der Waals surface area contributed by atoms with E-state index in [2.05, 4.69) is 15.3 Å². The van der Waals surface area contributed by atoms with Crippen LogP contribution in [0.3, 0.4) is 0 Å². The zero-order valence-electron chi connectivity index (χ0n) is 8.50. The standard InChI is InChI=1S/C10H9ClFN3S/c1-6-13-4-8(16-6)5-15-10-9(12)2-7(11)3-14-10/h2-4H,5H2,1H3,(H,14,15). The molecule has 16 heavy (non-hydrogen) atoms. The molecular weight excluding hydrogens is 249 g/mol. The molecule has 0 amide bonds. The number of hydrogen-bond acceptors (Lipinski definition) is 4. The SMILES string of the molecule is Cc1ncc(CNc2ncc(Cl)cc2F)s1.